The van der Waals surface area contributed by atoms with Crippen LogP contribution in [0.1, 0.15) is 10.5 Å². The molecule has 2 aliphatic heterocycles. The van der Waals surface area contributed by atoms with Gasteiger partial charge in [0.05, 0.1) is 19.8 Å². The molecule has 1 fully saturated rings. The fourth-order valence-corrected chi connectivity index (χ4v) is 3.72. The van der Waals surface area contributed by atoms with Gasteiger partial charge in [-0.3, -0.25) is 10.2 Å². The van der Waals surface area contributed by atoms with Crippen molar-refractivity contribution in [3.8, 4) is 11.5 Å². The molecule has 0 aliphatic carbocycles. The van der Waals surface area contributed by atoms with Crippen LogP contribution in [-0.4, -0.2) is 62.5 Å². The molecule has 3 amide bonds. The Labute approximate surface area is 171 Å². The zero-order valence-electron chi connectivity index (χ0n) is 15.6. The molecule has 0 unspecified atom stereocenters. The van der Waals surface area contributed by atoms with Crippen LogP contribution in [0.4, 0.5) is 9.93 Å². The van der Waals surface area contributed by atoms with Crippen molar-refractivity contribution < 1.29 is 23.8 Å². The van der Waals surface area contributed by atoms with Crippen molar-refractivity contribution in [2.24, 2.45) is 0 Å². The Morgan fingerprint density at radius 1 is 1.17 bits per heavy atom. The molecule has 154 valence electrons. The van der Waals surface area contributed by atoms with Crippen LogP contribution in [0.15, 0.2) is 29.6 Å². The Bertz CT molecular complexity index is 870. The first-order chi connectivity index (χ1) is 14.2. The number of nitrogens with one attached hydrogen (secondary N) is 3. The maximum absolute atomic E-state index is 12.2. The maximum Gasteiger partial charge on any atom is 0.333 e. The number of rotatable bonds is 4. The monoisotopic (exact) mass is 419 g/mol. The lowest BCUT2D eigenvalue weighted by Gasteiger charge is -2.26. The fourth-order valence-electron chi connectivity index (χ4n) is 2.86. The number of hydrazine groups is 1. The Hall–Kier alpha value is -3.05. The molecular weight excluding hydrogens is 398 g/mol. The van der Waals surface area contributed by atoms with E-state index in [0.29, 0.717) is 31.3 Å². The van der Waals surface area contributed by atoms with Crippen LogP contribution in [0.5, 0.6) is 11.5 Å². The van der Waals surface area contributed by atoms with E-state index in [2.05, 4.69) is 26.1 Å². The van der Waals surface area contributed by atoms with Gasteiger partial charge in [0.1, 0.15) is 12.3 Å². The van der Waals surface area contributed by atoms with Gasteiger partial charge in [-0.15, -0.1) is 11.3 Å². The summed E-state index contributed by atoms with van der Waals surface area (Å²) in [6.07, 6.45) is -0.319. The van der Waals surface area contributed by atoms with Gasteiger partial charge in [-0.25, -0.2) is 15.2 Å². The van der Waals surface area contributed by atoms with Gasteiger partial charge in [-0.2, -0.15) is 0 Å². The fraction of sp³-hybridized carbons (Fsp3) is 0.389. The summed E-state index contributed by atoms with van der Waals surface area (Å²) in [7, 11) is 0. The van der Waals surface area contributed by atoms with E-state index in [1.165, 1.54) is 11.3 Å². The van der Waals surface area contributed by atoms with Gasteiger partial charge in [-0.1, -0.05) is 12.1 Å². The molecule has 3 N–H and O–H groups in total. The summed E-state index contributed by atoms with van der Waals surface area (Å²) in [6.45, 7) is 3.33. The van der Waals surface area contributed by atoms with Crippen molar-refractivity contribution in [2.75, 3.05) is 44.4 Å². The minimum Gasteiger partial charge on any atom is -0.486 e. The average Bonchev–Trinajstić information content (AvgIpc) is 3.27. The van der Waals surface area contributed by atoms with Crippen molar-refractivity contribution in [2.45, 2.75) is 6.10 Å². The topological polar surface area (TPSA) is 114 Å². The molecule has 29 heavy (non-hydrogen) atoms. The van der Waals surface area contributed by atoms with Crippen LogP contribution in [0.25, 0.3) is 0 Å². The summed E-state index contributed by atoms with van der Waals surface area (Å²) in [6, 6.07) is 6.79. The number of amides is 3. The minimum atomic E-state index is -0.551. The number of carbonyl (C=O) groups is 2. The highest BCUT2D eigenvalue weighted by molar-refractivity contribution is 7.13. The van der Waals surface area contributed by atoms with Crippen molar-refractivity contribution >= 4 is 28.4 Å². The number of carbonyl (C=O) groups excluding carboxylic acids is 2. The average molecular weight is 419 g/mol. The Morgan fingerprint density at radius 3 is 2.79 bits per heavy atom. The Kier molecular flexibility index (Phi) is 5.96. The SMILES string of the molecule is O=C(NC[C@H]1COc2ccccc2O1)NNC(=O)c1csc(N2CCOCC2)n1. The van der Waals surface area contributed by atoms with Gasteiger partial charge in [0, 0.05) is 18.5 Å². The lowest BCUT2D eigenvalue weighted by molar-refractivity contribution is 0.0900. The standard InChI is InChI=1S/C18H21N5O5S/c24-16(13-11-29-18(20-13)23-5-7-26-8-6-23)21-22-17(25)19-9-12-10-27-14-3-1-2-4-15(14)28-12/h1-4,11-12H,5-10H2,(H,21,24)(H2,19,22,25)/t12-/m0/s1. The number of hydrogen-bond donors (Lipinski definition) is 3. The number of hydrogen-bond acceptors (Lipinski definition) is 8. The third-order valence-electron chi connectivity index (χ3n) is 4.35. The normalized spacial score (nSPS) is 18.1. The van der Waals surface area contributed by atoms with E-state index in [1.54, 1.807) is 11.4 Å². The number of urea groups is 1. The van der Waals surface area contributed by atoms with Crippen LogP contribution in [-0.2, 0) is 4.74 Å². The number of aromatic nitrogens is 1. The van der Waals surface area contributed by atoms with Crippen LogP contribution in [0.2, 0.25) is 0 Å². The molecule has 10 nitrogen and oxygen atoms in total. The predicted octanol–water partition coefficient (Wildman–Crippen LogP) is 0.764. The molecule has 2 aliphatic rings. The van der Waals surface area contributed by atoms with Crippen LogP contribution >= 0.6 is 11.3 Å². The summed E-state index contributed by atoms with van der Waals surface area (Å²) >= 11 is 1.38. The molecule has 0 saturated carbocycles. The van der Waals surface area contributed by atoms with Gasteiger partial charge in [-0.05, 0) is 12.1 Å². The third kappa shape index (κ3) is 4.87. The molecular formula is C18H21N5O5S. The van der Waals surface area contributed by atoms with Gasteiger partial charge >= 0.3 is 6.03 Å². The molecule has 1 atom stereocenters. The van der Waals surface area contributed by atoms with Crippen molar-refractivity contribution in [3.63, 3.8) is 0 Å². The van der Waals surface area contributed by atoms with Gasteiger partial charge in [0.25, 0.3) is 5.91 Å². The van der Waals surface area contributed by atoms with E-state index < -0.39 is 11.9 Å². The van der Waals surface area contributed by atoms with Crippen molar-refractivity contribution in [3.05, 3.63) is 35.3 Å². The van der Waals surface area contributed by atoms with E-state index in [4.69, 9.17) is 14.2 Å². The maximum atomic E-state index is 12.2. The molecule has 11 heteroatoms. The molecule has 1 aromatic carbocycles. The van der Waals surface area contributed by atoms with Crippen molar-refractivity contribution in [1.82, 2.24) is 21.2 Å². The second-order valence-electron chi connectivity index (χ2n) is 6.40. The highest BCUT2D eigenvalue weighted by Gasteiger charge is 2.21. The zero-order valence-corrected chi connectivity index (χ0v) is 16.4. The van der Waals surface area contributed by atoms with E-state index in [-0.39, 0.29) is 18.3 Å². The molecule has 2 aromatic rings. The summed E-state index contributed by atoms with van der Waals surface area (Å²) < 4.78 is 16.7. The molecule has 4 rings (SSSR count). The quantitative estimate of drug-likeness (QED) is 0.627. The van der Waals surface area contributed by atoms with E-state index in [1.807, 2.05) is 18.2 Å². The van der Waals surface area contributed by atoms with E-state index in [0.717, 1.165) is 18.2 Å². The van der Waals surface area contributed by atoms with Gasteiger partial charge in [0.2, 0.25) is 0 Å². The number of para-hydroxylation sites is 2. The predicted molar refractivity (Wildman–Crippen MR) is 105 cm³/mol. The molecule has 1 saturated heterocycles. The molecule has 0 bridgehead atoms. The zero-order chi connectivity index (χ0) is 20.1. The van der Waals surface area contributed by atoms with E-state index in [9.17, 15) is 9.59 Å². The number of anilines is 1. The van der Waals surface area contributed by atoms with Crippen LogP contribution in [0.3, 0.4) is 0 Å². The number of fused-ring (bicyclic) bond motifs is 1. The van der Waals surface area contributed by atoms with E-state index >= 15 is 0 Å². The number of benzene rings is 1. The van der Waals surface area contributed by atoms with Gasteiger partial charge < -0.3 is 24.4 Å². The highest BCUT2D eigenvalue weighted by Crippen LogP contribution is 2.30. The second-order valence-corrected chi connectivity index (χ2v) is 7.24. The van der Waals surface area contributed by atoms with Crippen LogP contribution in [0, 0.1) is 0 Å². The summed E-state index contributed by atoms with van der Waals surface area (Å²) in [4.78, 5) is 30.5. The summed E-state index contributed by atoms with van der Waals surface area (Å²) in [5, 5.41) is 5.06. The molecule has 0 radical (unpaired) electrons. The number of ether oxygens (including phenoxy) is 3. The number of morpholine rings is 1. The number of nitrogens with zero attached hydrogens (tertiary/aromatic N) is 2. The minimum absolute atomic E-state index is 0.230. The first-order valence-electron chi connectivity index (χ1n) is 9.20. The smallest absolute Gasteiger partial charge is 0.333 e. The van der Waals surface area contributed by atoms with Crippen molar-refractivity contribution in [1.29, 1.82) is 0 Å². The lowest BCUT2D eigenvalue weighted by atomic mass is 10.2. The highest BCUT2D eigenvalue weighted by atomic mass is 32.1. The second kappa shape index (κ2) is 8.97. The van der Waals surface area contributed by atoms with Gasteiger partial charge in [0.15, 0.2) is 22.7 Å². The summed E-state index contributed by atoms with van der Waals surface area (Å²) in [5.41, 5.74) is 4.91. The Balaban J connectivity index is 1.20. The summed E-state index contributed by atoms with van der Waals surface area (Å²) in [5.74, 6) is 0.834. The Morgan fingerprint density at radius 2 is 1.97 bits per heavy atom. The van der Waals surface area contributed by atoms with Crippen LogP contribution < -0.4 is 30.5 Å². The molecule has 0 spiro atoms. The number of thiazole rings is 1. The first-order valence-corrected chi connectivity index (χ1v) is 10.1. The largest absolute Gasteiger partial charge is 0.486 e. The lowest BCUT2D eigenvalue weighted by Crippen LogP contribution is -2.50. The third-order valence-corrected chi connectivity index (χ3v) is 5.26. The molecule has 3 heterocycles. The first kappa shape index (κ1) is 19.3. The molecule has 1 aromatic heterocycles.